The monoisotopic (exact) mass is 322 g/mol. The minimum atomic E-state index is 0.913. The molecule has 2 N–H and O–H groups in total. The molecule has 0 fully saturated rings. The highest BCUT2D eigenvalue weighted by atomic mass is 32.2. The van der Waals surface area contributed by atoms with E-state index in [2.05, 4.69) is 49.0 Å². The zero-order valence-corrected chi connectivity index (χ0v) is 15.3. The standard InChI is InChI=1S/C18H31N3S/c1-4-7-12-21(13-8-5-2)16-10-11-17(20-19)18(15-16)22-14-9-6-3/h10-11,15,19H,4-9,12-14H2,1-3H3/p+1. The normalized spacial score (nSPS) is 10.7. The van der Waals surface area contributed by atoms with E-state index in [-0.39, 0.29) is 0 Å². The molecule has 1 aromatic carbocycles. The van der Waals surface area contributed by atoms with Crippen molar-refractivity contribution in [1.82, 2.24) is 0 Å². The van der Waals surface area contributed by atoms with Gasteiger partial charge >= 0.3 is 0 Å². The second-order valence-corrected chi connectivity index (χ2v) is 6.81. The Kier molecular flexibility index (Phi) is 9.96. The van der Waals surface area contributed by atoms with Gasteiger partial charge in [-0.25, -0.2) is 0 Å². The number of unbranched alkanes of at least 4 members (excludes halogenated alkanes) is 3. The van der Waals surface area contributed by atoms with Crippen LogP contribution in [-0.4, -0.2) is 18.8 Å². The summed E-state index contributed by atoms with van der Waals surface area (Å²) >= 11 is 1.88. The minimum absolute atomic E-state index is 0.913. The fourth-order valence-corrected chi connectivity index (χ4v) is 3.44. The van der Waals surface area contributed by atoms with Gasteiger partial charge in [-0.05, 0) is 48.3 Å². The molecular weight excluding hydrogens is 290 g/mol. The lowest BCUT2D eigenvalue weighted by Gasteiger charge is -2.25. The van der Waals surface area contributed by atoms with Crippen molar-refractivity contribution in [3.63, 3.8) is 0 Å². The molecule has 1 aromatic rings. The molecule has 3 nitrogen and oxygen atoms in total. The van der Waals surface area contributed by atoms with Crippen LogP contribution in [0.5, 0.6) is 0 Å². The second-order valence-electron chi connectivity index (χ2n) is 5.68. The first-order valence-corrected chi connectivity index (χ1v) is 9.68. The van der Waals surface area contributed by atoms with E-state index in [1.165, 1.54) is 49.1 Å². The number of hydrogen-bond acceptors (Lipinski definition) is 3. The molecule has 0 radical (unpaired) electrons. The highest BCUT2D eigenvalue weighted by molar-refractivity contribution is 7.99. The van der Waals surface area contributed by atoms with Gasteiger partial charge in [0, 0.05) is 23.7 Å². The van der Waals surface area contributed by atoms with Gasteiger partial charge in [-0.1, -0.05) is 40.0 Å². The largest absolute Gasteiger partial charge is 0.372 e. The van der Waals surface area contributed by atoms with E-state index in [0.717, 1.165) is 24.5 Å². The van der Waals surface area contributed by atoms with Crippen molar-refractivity contribution >= 4 is 23.1 Å². The van der Waals surface area contributed by atoms with Gasteiger partial charge in [-0.2, -0.15) is 5.53 Å². The maximum absolute atomic E-state index is 5.54. The quantitative estimate of drug-likeness (QED) is 0.340. The first kappa shape index (κ1) is 19.0. The highest BCUT2D eigenvalue weighted by Gasteiger charge is 2.11. The Hall–Kier alpha value is -1.03. The summed E-state index contributed by atoms with van der Waals surface area (Å²) in [5.74, 6) is 1.13. The van der Waals surface area contributed by atoms with Crippen molar-refractivity contribution in [2.75, 3.05) is 23.7 Å². The van der Waals surface area contributed by atoms with Crippen LogP contribution in [0.15, 0.2) is 28.2 Å². The molecule has 0 unspecified atom stereocenters. The molecular formula is C18H32N3S+. The van der Waals surface area contributed by atoms with Crippen molar-refractivity contribution in [1.29, 1.82) is 0 Å². The summed E-state index contributed by atoms with van der Waals surface area (Å²) in [7, 11) is 0. The Bertz CT molecular complexity index is 426. The second kappa shape index (κ2) is 11.5. The Morgan fingerprint density at radius 1 is 1.00 bits per heavy atom. The van der Waals surface area contributed by atoms with Crippen molar-refractivity contribution < 1.29 is 5.53 Å². The molecule has 0 atom stereocenters. The van der Waals surface area contributed by atoms with Gasteiger partial charge in [0.25, 0.3) is 0 Å². The van der Waals surface area contributed by atoms with Gasteiger partial charge in [0.2, 0.25) is 0 Å². The third-order valence-corrected chi connectivity index (χ3v) is 4.90. The lowest BCUT2D eigenvalue weighted by Crippen LogP contribution is -2.25. The SMILES string of the molecule is CCCCSc1cc(N(CCCC)CCCC)ccc1N=[NH2+]. The Balaban J connectivity index is 2.88. The number of nitrogens with zero attached hydrogens (tertiary/aromatic N) is 2. The van der Waals surface area contributed by atoms with E-state index in [9.17, 15) is 0 Å². The number of anilines is 1. The van der Waals surface area contributed by atoms with Crippen molar-refractivity contribution in [3.8, 4) is 0 Å². The summed E-state index contributed by atoms with van der Waals surface area (Å²) in [5, 5.41) is 3.93. The number of rotatable bonds is 12. The first-order valence-electron chi connectivity index (χ1n) is 8.69. The van der Waals surface area contributed by atoms with Crippen LogP contribution in [0, 0.1) is 0 Å². The molecule has 0 aromatic heterocycles. The summed E-state index contributed by atoms with van der Waals surface area (Å²) in [6.07, 6.45) is 7.40. The topological polar surface area (TPSA) is 41.2 Å². The van der Waals surface area contributed by atoms with E-state index in [4.69, 9.17) is 5.53 Å². The summed E-state index contributed by atoms with van der Waals surface area (Å²) in [6, 6.07) is 6.51. The van der Waals surface area contributed by atoms with Crippen LogP contribution in [0.2, 0.25) is 0 Å². The van der Waals surface area contributed by atoms with Crippen LogP contribution in [-0.2, 0) is 0 Å². The van der Waals surface area contributed by atoms with Crippen LogP contribution in [0.3, 0.4) is 0 Å². The molecule has 22 heavy (non-hydrogen) atoms. The number of hydrogen-bond donors (Lipinski definition) is 1. The van der Waals surface area contributed by atoms with Crippen molar-refractivity contribution in [2.24, 2.45) is 5.11 Å². The smallest absolute Gasteiger partial charge is 0.143 e. The summed E-state index contributed by atoms with van der Waals surface area (Å²) < 4.78 is 0. The Morgan fingerprint density at radius 2 is 1.64 bits per heavy atom. The third-order valence-electron chi connectivity index (χ3n) is 3.77. The van der Waals surface area contributed by atoms with Gasteiger partial charge in [0.05, 0.1) is 0 Å². The maximum Gasteiger partial charge on any atom is 0.143 e. The molecule has 1 rings (SSSR count). The van der Waals surface area contributed by atoms with Gasteiger partial charge in [0.15, 0.2) is 0 Å². The van der Waals surface area contributed by atoms with Gasteiger partial charge < -0.3 is 4.90 Å². The number of thioether (sulfide) groups is 1. The summed E-state index contributed by atoms with van der Waals surface area (Å²) in [4.78, 5) is 3.73. The Morgan fingerprint density at radius 3 is 2.18 bits per heavy atom. The lowest BCUT2D eigenvalue weighted by atomic mass is 10.2. The molecule has 0 aliphatic heterocycles. The summed E-state index contributed by atoms with van der Waals surface area (Å²) in [6.45, 7) is 8.99. The molecule has 0 aliphatic rings. The molecule has 0 saturated carbocycles. The fraction of sp³-hybridized carbons (Fsp3) is 0.667. The zero-order chi connectivity index (χ0) is 16.2. The zero-order valence-electron chi connectivity index (χ0n) is 14.5. The molecule has 0 aliphatic carbocycles. The van der Waals surface area contributed by atoms with Crippen LogP contribution in [0.25, 0.3) is 0 Å². The average Bonchev–Trinajstić information content (AvgIpc) is 2.55. The van der Waals surface area contributed by atoms with E-state index >= 15 is 0 Å². The molecule has 124 valence electrons. The van der Waals surface area contributed by atoms with E-state index in [1.54, 1.807) is 0 Å². The minimum Gasteiger partial charge on any atom is -0.372 e. The third kappa shape index (κ3) is 6.39. The molecule has 0 saturated heterocycles. The molecule has 0 heterocycles. The van der Waals surface area contributed by atoms with Crippen molar-refractivity contribution in [3.05, 3.63) is 18.2 Å². The van der Waals surface area contributed by atoms with Gasteiger partial charge in [-0.15, -0.1) is 11.8 Å². The van der Waals surface area contributed by atoms with Crippen LogP contribution < -0.4 is 10.4 Å². The van der Waals surface area contributed by atoms with Crippen LogP contribution >= 0.6 is 11.8 Å². The number of benzene rings is 1. The van der Waals surface area contributed by atoms with E-state index < -0.39 is 0 Å². The van der Waals surface area contributed by atoms with Crippen LogP contribution in [0.1, 0.15) is 59.3 Å². The molecule has 0 bridgehead atoms. The lowest BCUT2D eigenvalue weighted by molar-refractivity contribution is -0.210. The van der Waals surface area contributed by atoms with Crippen LogP contribution in [0.4, 0.5) is 11.4 Å². The van der Waals surface area contributed by atoms with E-state index in [0.29, 0.717) is 0 Å². The van der Waals surface area contributed by atoms with E-state index in [1.807, 2.05) is 11.8 Å². The molecule has 4 heteroatoms. The molecule has 0 spiro atoms. The fourth-order valence-electron chi connectivity index (χ4n) is 2.32. The van der Waals surface area contributed by atoms with Crippen molar-refractivity contribution in [2.45, 2.75) is 64.2 Å². The Labute approximate surface area is 140 Å². The van der Waals surface area contributed by atoms with Gasteiger partial charge in [0.1, 0.15) is 5.69 Å². The summed E-state index contributed by atoms with van der Waals surface area (Å²) in [5.41, 5.74) is 7.77. The highest BCUT2D eigenvalue weighted by Crippen LogP contribution is 2.33. The predicted octanol–water partition coefficient (Wildman–Crippen LogP) is 4.83. The molecule has 0 amide bonds. The first-order chi connectivity index (χ1) is 10.8. The average molecular weight is 323 g/mol. The number of nitrogens with two attached hydrogens (primary N) is 1. The van der Waals surface area contributed by atoms with Gasteiger partial charge in [-0.3, -0.25) is 0 Å². The predicted molar refractivity (Wildman–Crippen MR) is 98.1 cm³/mol. The maximum atomic E-state index is 5.54.